The van der Waals surface area contributed by atoms with Gasteiger partial charge in [-0.15, -0.1) is 0 Å². The molecule has 0 aromatic carbocycles. The van der Waals surface area contributed by atoms with Crippen molar-refractivity contribution in [2.24, 2.45) is 0 Å². The zero-order valence-electron chi connectivity index (χ0n) is 11.3. The highest BCUT2D eigenvalue weighted by atomic mass is 32.2. The van der Waals surface area contributed by atoms with E-state index < -0.39 is 9.84 Å². The Hall–Kier alpha value is -0.660. The fourth-order valence-corrected chi connectivity index (χ4v) is 4.31. The van der Waals surface area contributed by atoms with Crippen LogP contribution >= 0.6 is 0 Å². The Morgan fingerprint density at radius 2 is 2.00 bits per heavy atom. The second-order valence-corrected chi connectivity index (χ2v) is 7.55. The molecule has 2 saturated heterocycles. The molecule has 1 amide bonds. The van der Waals surface area contributed by atoms with Crippen molar-refractivity contribution in [2.75, 3.05) is 38.2 Å². The first kappa shape index (κ1) is 14.7. The third kappa shape index (κ3) is 4.15. The largest absolute Gasteiger partial charge is 0.368 e. The summed E-state index contributed by atoms with van der Waals surface area (Å²) in [5, 5.41) is 3.24. The predicted molar refractivity (Wildman–Crippen MR) is 71.7 cm³/mol. The molecule has 1 unspecified atom stereocenters. The normalized spacial score (nSPS) is 27.3. The van der Waals surface area contributed by atoms with Crippen LogP contribution in [0.3, 0.4) is 0 Å². The summed E-state index contributed by atoms with van der Waals surface area (Å²) in [6, 6.07) is -0.186. The molecule has 0 aromatic heterocycles. The Morgan fingerprint density at radius 3 is 2.58 bits per heavy atom. The van der Waals surface area contributed by atoms with Crippen molar-refractivity contribution in [3.8, 4) is 0 Å². The molecule has 2 aliphatic rings. The topological polar surface area (TPSA) is 75.7 Å². The first-order valence-corrected chi connectivity index (χ1v) is 8.58. The lowest BCUT2D eigenvalue weighted by Gasteiger charge is -2.26. The van der Waals surface area contributed by atoms with E-state index in [4.69, 9.17) is 4.74 Å². The van der Waals surface area contributed by atoms with E-state index in [9.17, 15) is 13.2 Å². The summed E-state index contributed by atoms with van der Waals surface area (Å²) in [5.41, 5.74) is 0. The number of piperidine rings is 1. The van der Waals surface area contributed by atoms with Crippen LogP contribution in [-0.2, 0) is 19.4 Å². The smallest absolute Gasteiger partial charge is 0.248 e. The molecule has 2 fully saturated rings. The molecule has 19 heavy (non-hydrogen) atoms. The van der Waals surface area contributed by atoms with Gasteiger partial charge in [-0.3, -0.25) is 4.79 Å². The molecule has 2 rings (SSSR count). The predicted octanol–water partition coefficient (Wildman–Crippen LogP) is -0.599. The fraction of sp³-hybridized carbons (Fsp3) is 0.917. The number of sulfone groups is 1. The van der Waals surface area contributed by atoms with Crippen LogP contribution < -0.4 is 5.32 Å². The van der Waals surface area contributed by atoms with E-state index in [1.165, 1.54) is 4.90 Å². The lowest BCUT2D eigenvalue weighted by atomic mass is 10.1. The molecule has 0 saturated carbocycles. The van der Waals surface area contributed by atoms with Crippen LogP contribution in [0.1, 0.15) is 19.3 Å². The maximum absolute atomic E-state index is 12.0. The number of rotatable bonds is 4. The number of nitrogens with zero attached hydrogens (tertiary/aromatic N) is 1. The average molecular weight is 290 g/mol. The van der Waals surface area contributed by atoms with E-state index in [2.05, 4.69) is 5.32 Å². The zero-order valence-corrected chi connectivity index (χ0v) is 12.1. The van der Waals surface area contributed by atoms with Crippen LogP contribution in [0, 0.1) is 0 Å². The Bertz CT molecular complexity index is 417. The maximum Gasteiger partial charge on any atom is 0.248 e. The van der Waals surface area contributed by atoms with Gasteiger partial charge >= 0.3 is 0 Å². The van der Waals surface area contributed by atoms with Crippen molar-refractivity contribution in [2.45, 2.75) is 31.4 Å². The van der Waals surface area contributed by atoms with Gasteiger partial charge in [-0.05, 0) is 32.4 Å². The number of ether oxygens (including phenoxy) is 1. The van der Waals surface area contributed by atoms with Gasteiger partial charge in [-0.2, -0.15) is 0 Å². The van der Waals surface area contributed by atoms with Gasteiger partial charge in [0.1, 0.15) is 6.61 Å². The number of carbonyl (C=O) groups excluding carboxylic acids is 1. The summed E-state index contributed by atoms with van der Waals surface area (Å²) in [4.78, 5) is 13.5. The van der Waals surface area contributed by atoms with E-state index >= 15 is 0 Å². The number of likely N-dealkylation sites (N-methyl/N-ethyl adjacent to an activating group) is 1. The highest BCUT2D eigenvalue weighted by Gasteiger charge is 2.32. The molecule has 6 nitrogen and oxygen atoms in total. The van der Waals surface area contributed by atoms with Crippen LogP contribution in [0.15, 0.2) is 0 Å². The average Bonchev–Trinajstić information content (AvgIpc) is 2.76. The highest BCUT2D eigenvalue weighted by Crippen LogP contribution is 2.17. The Kier molecular flexibility index (Phi) is 4.81. The van der Waals surface area contributed by atoms with Gasteiger partial charge in [-0.1, -0.05) is 0 Å². The van der Waals surface area contributed by atoms with Gasteiger partial charge in [-0.25, -0.2) is 8.42 Å². The van der Waals surface area contributed by atoms with Crippen LogP contribution in [0.25, 0.3) is 0 Å². The molecular formula is C12H22N2O4S. The molecule has 1 atom stereocenters. The van der Waals surface area contributed by atoms with Gasteiger partial charge in [0.15, 0.2) is 9.84 Å². The number of hydrogen-bond acceptors (Lipinski definition) is 5. The SMILES string of the molecule is CN(C(=O)COC1CCNCC1)C1CCS(=O)(=O)C1. The minimum Gasteiger partial charge on any atom is -0.368 e. The summed E-state index contributed by atoms with van der Waals surface area (Å²) < 4.78 is 28.4. The van der Waals surface area contributed by atoms with E-state index in [0.717, 1.165) is 25.9 Å². The maximum atomic E-state index is 12.0. The van der Waals surface area contributed by atoms with Gasteiger partial charge < -0.3 is 15.0 Å². The first-order chi connectivity index (χ1) is 8.98. The summed E-state index contributed by atoms with van der Waals surface area (Å²) in [6.07, 6.45) is 2.53. The third-order valence-electron chi connectivity index (χ3n) is 3.88. The van der Waals surface area contributed by atoms with Crippen LogP contribution in [-0.4, -0.2) is 69.6 Å². The van der Waals surface area contributed by atoms with Gasteiger partial charge in [0.2, 0.25) is 5.91 Å². The highest BCUT2D eigenvalue weighted by molar-refractivity contribution is 7.91. The van der Waals surface area contributed by atoms with E-state index in [-0.39, 0.29) is 36.2 Å². The van der Waals surface area contributed by atoms with E-state index in [1.54, 1.807) is 7.05 Å². The van der Waals surface area contributed by atoms with Crippen LogP contribution in [0.5, 0.6) is 0 Å². The molecule has 1 N–H and O–H groups in total. The molecule has 0 spiro atoms. The van der Waals surface area contributed by atoms with Crippen molar-refractivity contribution in [1.82, 2.24) is 10.2 Å². The van der Waals surface area contributed by atoms with Crippen molar-refractivity contribution >= 4 is 15.7 Å². The lowest BCUT2D eigenvalue weighted by Crippen LogP contribution is -2.41. The number of nitrogens with one attached hydrogen (secondary N) is 1. The molecule has 2 heterocycles. The molecule has 7 heteroatoms. The first-order valence-electron chi connectivity index (χ1n) is 6.76. The number of carbonyl (C=O) groups is 1. The van der Waals surface area contributed by atoms with Crippen molar-refractivity contribution in [3.05, 3.63) is 0 Å². The zero-order chi connectivity index (χ0) is 13.9. The molecule has 0 bridgehead atoms. The molecule has 0 radical (unpaired) electrons. The van der Waals surface area contributed by atoms with E-state index in [1.807, 2.05) is 0 Å². The summed E-state index contributed by atoms with van der Waals surface area (Å²) in [7, 11) is -1.29. The van der Waals surface area contributed by atoms with Crippen LogP contribution in [0.4, 0.5) is 0 Å². The van der Waals surface area contributed by atoms with Crippen LogP contribution in [0.2, 0.25) is 0 Å². The third-order valence-corrected chi connectivity index (χ3v) is 5.63. The van der Waals surface area contributed by atoms with E-state index in [0.29, 0.717) is 6.42 Å². The minimum absolute atomic E-state index is 0.0533. The molecule has 110 valence electrons. The minimum atomic E-state index is -2.95. The fourth-order valence-electron chi connectivity index (χ4n) is 2.54. The molecule has 0 aromatic rings. The van der Waals surface area contributed by atoms with Gasteiger partial charge in [0.25, 0.3) is 0 Å². The number of amides is 1. The Labute approximate surface area is 114 Å². The molecular weight excluding hydrogens is 268 g/mol. The summed E-state index contributed by atoms with van der Waals surface area (Å²) in [6.45, 7) is 1.91. The number of hydrogen-bond donors (Lipinski definition) is 1. The standard InChI is InChI=1S/C12H22N2O4S/c1-14(10-4-7-19(16,17)9-10)12(15)8-18-11-2-5-13-6-3-11/h10-11,13H,2-9H2,1H3. The summed E-state index contributed by atoms with van der Waals surface area (Å²) in [5.74, 6) is 0.146. The Balaban J connectivity index is 1.76. The van der Waals surface area contributed by atoms with Crippen molar-refractivity contribution in [1.29, 1.82) is 0 Å². The molecule has 0 aliphatic carbocycles. The lowest BCUT2D eigenvalue weighted by molar-refractivity contribution is -0.139. The van der Waals surface area contributed by atoms with Gasteiger partial charge in [0.05, 0.1) is 17.6 Å². The second kappa shape index (κ2) is 6.19. The summed E-state index contributed by atoms with van der Waals surface area (Å²) >= 11 is 0. The quantitative estimate of drug-likeness (QED) is 0.748. The second-order valence-electron chi connectivity index (χ2n) is 5.32. The van der Waals surface area contributed by atoms with Crippen molar-refractivity contribution < 1.29 is 17.9 Å². The Morgan fingerprint density at radius 1 is 1.32 bits per heavy atom. The van der Waals surface area contributed by atoms with Crippen molar-refractivity contribution in [3.63, 3.8) is 0 Å². The van der Waals surface area contributed by atoms with Gasteiger partial charge in [0, 0.05) is 13.1 Å². The molecule has 2 aliphatic heterocycles. The monoisotopic (exact) mass is 290 g/mol.